The van der Waals surface area contributed by atoms with Crippen molar-refractivity contribution in [3.05, 3.63) is 42.0 Å². The summed E-state index contributed by atoms with van der Waals surface area (Å²) in [6.45, 7) is 0. The predicted molar refractivity (Wildman–Crippen MR) is 58.3 cm³/mol. The lowest BCUT2D eigenvalue weighted by Gasteiger charge is -2.15. The molecule has 3 nitrogen and oxygen atoms in total. The topological polar surface area (TPSA) is 43.4 Å². The summed E-state index contributed by atoms with van der Waals surface area (Å²) in [5, 5.41) is 2.05. The average Bonchev–Trinajstić information content (AvgIpc) is 2.28. The van der Waals surface area contributed by atoms with Gasteiger partial charge in [-0.25, -0.2) is 4.79 Å². The first kappa shape index (κ1) is 9.09. The van der Waals surface area contributed by atoms with Gasteiger partial charge in [0.25, 0.3) is 0 Å². The molecule has 0 saturated carbocycles. The molecule has 0 aliphatic carbocycles. The molecule has 3 rings (SSSR count). The minimum atomic E-state index is -0.761. The fraction of sp³-hybridized carbons (Fsp3) is 0.0769. The summed E-state index contributed by atoms with van der Waals surface area (Å²) in [5.74, 6) is -0.742. The van der Waals surface area contributed by atoms with Crippen molar-refractivity contribution < 1.29 is 14.3 Å². The molecule has 0 unspecified atom stereocenters. The van der Waals surface area contributed by atoms with E-state index >= 15 is 0 Å². The van der Waals surface area contributed by atoms with E-state index in [2.05, 4.69) is 0 Å². The van der Waals surface area contributed by atoms with Crippen LogP contribution in [0.3, 0.4) is 0 Å². The molecule has 0 atom stereocenters. The fourth-order valence-electron chi connectivity index (χ4n) is 1.90. The van der Waals surface area contributed by atoms with Crippen LogP contribution in [0.5, 0.6) is 5.75 Å². The van der Waals surface area contributed by atoms with E-state index in [4.69, 9.17) is 4.74 Å². The molecule has 0 saturated heterocycles. The number of hydrogen-bond donors (Lipinski definition) is 0. The van der Waals surface area contributed by atoms with Crippen molar-refractivity contribution in [3.63, 3.8) is 0 Å². The Bertz CT molecular complexity index is 559. The molecule has 0 bridgehead atoms. The van der Waals surface area contributed by atoms with Crippen LogP contribution in [0.15, 0.2) is 36.4 Å². The largest absolute Gasteiger partial charge is 0.420 e. The molecule has 0 amide bonds. The lowest BCUT2D eigenvalue weighted by molar-refractivity contribution is -0.147. The minimum absolute atomic E-state index is 0.138. The molecule has 16 heavy (non-hydrogen) atoms. The maximum Gasteiger partial charge on any atom is 0.380 e. The number of benzene rings is 2. The Morgan fingerprint density at radius 1 is 1.00 bits per heavy atom. The van der Waals surface area contributed by atoms with Gasteiger partial charge in [-0.05, 0) is 22.9 Å². The van der Waals surface area contributed by atoms with Gasteiger partial charge in [0, 0.05) is 12.0 Å². The van der Waals surface area contributed by atoms with Crippen molar-refractivity contribution in [1.29, 1.82) is 0 Å². The molecule has 2 aromatic carbocycles. The molecule has 78 valence electrons. The van der Waals surface area contributed by atoms with Crippen LogP contribution in [0.4, 0.5) is 0 Å². The Morgan fingerprint density at radius 2 is 1.69 bits per heavy atom. The predicted octanol–water partition coefficient (Wildman–Crippen LogP) is 1.87. The Balaban J connectivity index is 2.24. The van der Waals surface area contributed by atoms with Gasteiger partial charge in [-0.2, -0.15) is 0 Å². The standard InChI is InChI=1S/C13H8O3/c14-11-6-10-5-8-3-1-2-4-9(8)7-12(10)16-13(11)15/h1-5,7H,6H2. The second-order valence-electron chi connectivity index (χ2n) is 3.80. The molecule has 3 heteroatoms. The summed E-state index contributed by atoms with van der Waals surface area (Å²) in [6.07, 6.45) is 0.138. The molecule has 0 fully saturated rings. The van der Waals surface area contributed by atoms with Crippen molar-refractivity contribution in [3.8, 4) is 5.75 Å². The normalized spacial score (nSPS) is 14.8. The fourth-order valence-corrected chi connectivity index (χ4v) is 1.90. The smallest absolute Gasteiger partial charge is 0.380 e. The van der Waals surface area contributed by atoms with Gasteiger partial charge < -0.3 is 4.74 Å². The number of carbonyl (C=O) groups is 2. The molecule has 0 spiro atoms. The summed E-state index contributed by atoms with van der Waals surface area (Å²) in [7, 11) is 0. The van der Waals surface area contributed by atoms with Crippen LogP contribution in [-0.2, 0) is 16.0 Å². The van der Waals surface area contributed by atoms with Gasteiger partial charge in [-0.3, -0.25) is 4.79 Å². The van der Waals surface area contributed by atoms with Crippen LogP contribution in [0, 0.1) is 0 Å². The highest BCUT2D eigenvalue weighted by Gasteiger charge is 2.25. The van der Waals surface area contributed by atoms with Gasteiger partial charge in [0.1, 0.15) is 5.75 Å². The number of hydrogen-bond acceptors (Lipinski definition) is 3. The summed E-state index contributed by atoms with van der Waals surface area (Å²) >= 11 is 0. The van der Waals surface area contributed by atoms with Gasteiger partial charge in [-0.1, -0.05) is 24.3 Å². The SMILES string of the molecule is O=C1Cc2cc3ccccc3cc2OC1=O. The van der Waals surface area contributed by atoms with Gasteiger partial charge in [0.2, 0.25) is 5.78 Å². The maximum absolute atomic E-state index is 11.2. The molecular weight excluding hydrogens is 204 g/mol. The highest BCUT2D eigenvalue weighted by atomic mass is 16.5. The van der Waals surface area contributed by atoms with E-state index in [0.717, 1.165) is 16.3 Å². The van der Waals surface area contributed by atoms with E-state index in [-0.39, 0.29) is 6.42 Å². The second-order valence-corrected chi connectivity index (χ2v) is 3.80. The van der Waals surface area contributed by atoms with E-state index in [1.807, 2.05) is 30.3 Å². The molecule has 2 aromatic rings. The van der Waals surface area contributed by atoms with E-state index in [9.17, 15) is 9.59 Å². The van der Waals surface area contributed by atoms with Crippen molar-refractivity contribution in [2.45, 2.75) is 6.42 Å². The number of fused-ring (bicyclic) bond motifs is 2. The molecule has 0 aromatic heterocycles. The van der Waals surface area contributed by atoms with E-state index in [0.29, 0.717) is 5.75 Å². The quantitative estimate of drug-likeness (QED) is 0.380. The van der Waals surface area contributed by atoms with Crippen LogP contribution in [0.25, 0.3) is 10.8 Å². The number of carbonyl (C=O) groups excluding carboxylic acids is 2. The van der Waals surface area contributed by atoms with Crippen LogP contribution in [0.2, 0.25) is 0 Å². The van der Waals surface area contributed by atoms with Crippen LogP contribution in [-0.4, -0.2) is 11.8 Å². The molecule has 0 radical (unpaired) electrons. The molecule has 1 aliphatic rings. The van der Waals surface area contributed by atoms with E-state index < -0.39 is 11.8 Å². The molecule has 1 heterocycles. The number of ketones is 1. The van der Waals surface area contributed by atoms with E-state index in [1.165, 1.54) is 0 Å². The molecule has 1 aliphatic heterocycles. The summed E-state index contributed by atoms with van der Waals surface area (Å²) in [6, 6.07) is 11.5. The van der Waals surface area contributed by atoms with Gasteiger partial charge >= 0.3 is 5.97 Å². The van der Waals surface area contributed by atoms with Crippen molar-refractivity contribution in [2.75, 3.05) is 0 Å². The first-order valence-corrected chi connectivity index (χ1v) is 5.01. The van der Waals surface area contributed by atoms with Crippen LogP contribution >= 0.6 is 0 Å². The third-order valence-corrected chi connectivity index (χ3v) is 2.71. The number of Topliss-reactive ketones (excluding diaryl/α,β-unsaturated/α-hetero) is 1. The highest BCUT2D eigenvalue weighted by Crippen LogP contribution is 2.29. The average molecular weight is 212 g/mol. The Morgan fingerprint density at radius 3 is 2.44 bits per heavy atom. The third-order valence-electron chi connectivity index (χ3n) is 2.71. The first-order chi connectivity index (χ1) is 7.74. The zero-order valence-electron chi connectivity index (χ0n) is 8.40. The maximum atomic E-state index is 11.2. The van der Waals surface area contributed by atoms with E-state index in [1.54, 1.807) is 6.07 Å². The molecular formula is C13H8O3. The number of ether oxygens (including phenoxy) is 1. The van der Waals surface area contributed by atoms with Gasteiger partial charge in [-0.15, -0.1) is 0 Å². The minimum Gasteiger partial charge on any atom is -0.420 e. The first-order valence-electron chi connectivity index (χ1n) is 5.01. The summed E-state index contributed by atoms with van der Waals surface area (Å²) in [5.41, 5.74) is 0.781. The zero-order valence-corrected chi connectivity index (χ0v) is 8.40. The molecule has 0 N–H and O–H groups in total. The Kier molecular flexibility index (Phi) is 1.80. The second kappa shape index (κ2) is 3.17. The van der Waals surface area contributed by atoms with Crippen LogP contribution < -0.4 is 4.74 Å². The zero-order chi connectivity index (χ0) is 11.1. The van der Waals surface area contributed by atoms with Gasteiger partial charge in [0.05, 0.1) is 0 Å². The van der Waals surface area contributed by atoms with Crippen molar-refractivity contribution in [1.82, 2.24) is 0 Å². The number of esters is 1. The summed E-state index contributed by atoms with van der Waals surface area (Å²) < 4.78 is 4.96. The number of rotatable bonds is 0. The van der Waals surface area contributed by atoms with Crippen LogP contribution in [0.1, 0.15) is 5.56 Å². The van der Waals surface area contributed by atoms with Gasteiger partial charge in [0.15, 0.2) is 0 Å². The summed E-state index contributed by atoms with van der Waals surface area (Å²) in [4.78, 5) is 22.3. The Hall–Kier alpha value is -2.16. The third kappa shape index (κ3) is 1.29. The highest BCUT2D eigenvalue weighted by molar-refractivity contribution is 6.35. The Labute approximate surface area is 91.6 Å². The lowest BCUT2D eigenvalue weighted by atomic mass is 10.0. The van der Waals surface area contributed by atoms with Crippen molar-refractivity contribution >= 4 is 22.5 Å². The lowest BCUT2D eigenvalue weighted by Crippen LogP contribution is -2.27. The monoisotopic (exact) mass is 212 g/mol. The van der Waals surface area contributed by atoms with Crippen molar-refractivity contribution in [2.24, 2.45) is 0 Å².